The SMILES string of the molecule is COCCNc1nnc(SC(C)C(=O)Nc2cc(Cl)ccc2Cl)s1. The highest BCUT2D eigenvalue weighted by molar-refractivity contribution is 8.02. The summed E-state index contributed by atoms with van der Waals surface area (Å²) in [5, 5.41) is 15.2. The Bertz CT molecular complexity index is 699. The lowest BCUT2D eigenvalue weighted by molar-refractivity contribution is -0.115. The van der Waals surface area contributed by atoms with Crippen molar-refractivity contribution in [2.75, 3.05) is 30.9 Å². The van der Waals surface area contributed by atoms with Crippen molar-refractivity contribution in [3.05, 3.63) is 28.2 Å². The molecule has 1 atom stereocenters. The lowest BCUT2D eigenvalue weighted by Crippen LogP contribution is -2.22. The van der Waals surface area contributed by atoms with E-state index in [0.717, 1.165) is 0 Å². The number of nitrogens with one attached hydrogen (secondary N) is 2. The molecule has 1 aromatic heterocycles. The van der Waals surface area contributed by atoms with Gasteiger partial charge in [-0.05, 0) is 25.1 Å². The molecule has 1 heterocycles. The second-order valence-corrected chi connectivity index (χ2v) is 8.08. The van der Waals surface area contributed by atoms with Crippen molar-refractivity contribution in [2.24, 2.45) is 0 Å². The van der Waals surface area contributed by atoms with Crippen LogP contribution in [0.3, 0.4) is 0 Å². The first-order valence-electron chi connectivity index (χ1n) is 6.98. The molecule has 1 aromatic carbocycles. The molecule has 2 rings (SSSR count). The lowest BCUT2D eigenvalue weighted by atomic mass is 10.3. The number of carbonyl (C=O) groups is 1. The highest BCUT2D eigenvalue weighted by Gasteiger charge is 2.18. The first-order chi connectivity index (χ1) is 11.5. The monoisotopic (exact) mass is 406 g/mol. The number of rotatable bonds is 8. The molecule has 10 heteroatoms. The second kappa shape index (κ2) is 9.43. The predicted octanol–water partition coefficient (Wildman–Crippen LogP) is 4.02. The van der Waals surface area contributed by atoms with Crippen LogP contribution in [0.4, 0.5) is 10.8 Å². The van der Waals surface area contributed by atoms with Gasteiger partial charge in [0, 0.05) is 18.7 Å². The molecule has 0 spiro atoms. The van der Waals surface area contributed by atoms with E-state index in [1.54, 1.807) is 32.2 Å². The van der Waals surface area contributed by atoms with Gasteiger partial charge in [0.1, 0.15) is 0 Å². The molecule has 0 bridgehead atoms. The quantitative estimate of drug-likeness (QED) is 0.509. The summed E-state index contributed by atoms with van der Waals surface area (Å²) in [4.78, 5) is 12.3. The van der Waals surface area contributed by atoms with Gasteiger partial charge in [-0.25, -0.2) is 0 Å². The van der Waals surface area contributed by atoms with E-state index < -0.39 is 0 Å². The number of nitrogens with zero attached hydrogens (tertiary/aromatic N) is 2. The third kappa shape index (κ3) is 5.78. The summed E-state index contributed by atoms with van der Waals surface area (Å²) < 4.78 is 5.66. The van der Waals surface area contributed by atoms with Crippen LogP contribution in [0.1, 0.15) is 6.92 Å². The zero-order valence-electron chi connectivity index (χ0n) is 13.0. The summed E-state index contributed by atoms with van der Waals surface area (Å²) >= 11 is 14.7. The summed E-state index contributed by atoms with van der Waals surface area (Å²) in [6, 6.07) is 4.92. The van der Waals surface area contributed by atoms with Crippen molar-refractivity contribution in [2.45, 2.75) is 16.5 Å². The van der Waals surface area contributed by atoms with Crippen LogP contribution in [0, 0.1) is 0 Å². The number of anilines is 2. The van der Waals surface area contributed by atoms with E-state index >= 15 is 0 Å². The first-order valence-corrected chi connectivity index (χ1v) is 9.43. The zero-order valence-corrected chi connectivity index (χ0v) is 16.2. The molecule has 0 saturated heterocycles. The predicted molar refractivity (Wildman–Crippen MR) is 101 cm³/mol. The molecule has 0 saturated carbocycles. The van der Waals surface area contributed by atoms with Gasteiger partial charge in [0.05, 0.1) is 22.6 Å². The maximum atomic E-state index is 12.3. The Balaban J connectivity index is 1.90. The maximum Gasteiger partial charge on any atom is 0.237 e. The van der Waals surface area contributed by atoms with Crippen LogP contribution in [0.25, 0.3) is 0 Å². The Hall–Kier alpha value is -1.06. The summed E-state index contributed by atoms with van der Waals surface area (Å²) in [6.07, 6.45) is 0. The number of hydrogen-bond donors (Lipinski definition) is 2. The largest absolute Gasteiger partial charge is 0.383 e. The van der Waals surface area contributed by atoms with Gasteiger partial charge < -0.3 is 15.4 Å². The van der Waals surface area contributed by atoms with Gasteiger partial charge in [-0.3, -0.25) is 4.79 Å². The van der Waals surface area contributed by atoms with Crippen LogP contribution >= 0.6 is 46.3 Å². The van der Waals surface area contributed by atoms with E-state index in [1.807, 2.05) is 0 Å². The molecule has 2 aromatic rings. The van der Waals surface area contributed by atoms with Crippen molar-refractivity contribution in [3.63, 3.8) is 0 Å². The van der Waals surface area contributed by atoms with Crippen molar-refractivity contribution >= 4 is 63.0 Å². The maximum absolute atomic E-state index is 12.3. The molecule has 6 nitrogen and oxygen atoms in total. The molecule has 0 fully saturated rings. The fraction of sp³-hybridized carbons (Fsp3) is 0.357. The fourth-order valence-corrected chi connectivity index (χ4v) is 3.88. The standard InChI is InChI=1S/C14H16Cl2N4O2S2/c1-8(12(21)18-11-7-9(15)3-4-10(11)16)23-14-20-19-13(24-14)17-5-6-22-2/h3-4,7-8H,5-6H2,1-2H3,(H,17,19)(H,18,21). The summed E-state index contributed by atoms with van der Waals surface area (Å²) in [5.74, 6) is -0.187. The van der Waals surface area contributed by atoms with Crippen LogP contribution in [-0.4, -0.2) is 41.6 Å². The average Bonchev–Trinajstić information content (AvgIpc) is 2.98. The minimum atomic E-state index is -0.361. The van der Waals surface area contributed by atoms with E-state index in [9.17, 15) is 4.79 Å². The number of aromatic nitrogens is 2. The Labute approximate surface area is 158 Å². The minimum absolute atomic E-state index is 0.187. The van der Waals surface area contributed by atoms with Crippen LogP contribution in [-0.2, 0) is 9.53 Å². The summed E-state index contributed by atoms with van der Waals surface area (Å²) in [7, 11) is 1.63. The fourth-order valence-electron chi connectivity index (χ4n) is 1.62. The van der Waals surface area contributed by atoms with Crippen LogP contribution in [0.5, 0.6) is 0 Å². The van der Waals surface area contributed by atoms with Gasteiger partial charge in [0.25, 0.3) is 0 Å². The van der Waals surface area contributed by atoms with Crippen LogP contribution < -0.4 is 10.6 Å². The summed E-state index contributed by atoms with van der Waals surface area (Å²) in [5.41, 5.74) is 0.487. The van der Waals surface area contributed by atoms with Gasteiger partial charge in [0.2, 0.25) is 11.0 Å². The Morgan fingerprint density at radius 3 is 2.96 bits per heavy atom. The summed E-state index contributed by atoms with van der Waals surface area (Å²) in [6.45, 7) is 3.03. The molecule has 0 aliphatic rings. The third-order valence-corrected chi connectivity index (χ3v) is 5.45. The smallest absolute Gasteiger partial charge is 0.237 e. The Kier molecular flexibility index (Phi) is 7.57. The number of halogens is 2. The van der Waals surface area contributed by atoms with Crippen molar-refractivity contribution in [3.8, 4) is 0 Å². The molecule has 0 radical (unpaired) electrons. The number of methoxy groups -OCH3 is 1. The number of ether oxygens (including phenoxy) is 1. The number of amides is 1. The topological polar surface area (TPSA) is 76.1 Å². The zero-order chi connectivity index (χ0) is 17.5. The highest BCUT2D eigenvalue weighted by atomic mass is 35.5. The van der Waals surface area contributed by atoms with Crippen LogP contribution in [0.15, 0.2) is 22.5 Å². The molecule has 1 amide bonds. The van der Waals surface area contributed by atoms with Crippen LogP contribution in [0.2, 0.25) is 10.0 Å². The lowest BCUT2D eigenvalue weighted by Gasteiger charge is -2.11. The number of thioether (sulfide) groups is 1. The van der Waals surface area contributed by atoms with E-state index in [4.69, 9.17) is 27.9 Å². The molecule has 1 unspecified atom stereocenters. The number of hydrogen-bond acceptors (Lipinski definition) is 7. The normalized spacial score (nSPS) is 12.0. The van der Waals surface area contributed by atoms with Crippen molar-refractivity contribution in [1.82, 2.24) is 10.2 Å². The van der Waals surface area contributed by atoms with Gasteiger partial charge in [0.15, 0.2) is 4.34 Å². The minimum Gasteiger partial charge on any atom is -0.383 e. The molecule has 0 aliphatic carbocycles. The van der Waals surface area contributed by atoms with Crippen molar-refractivity contribution < 1.29 is 9.53 Å². The third-order valence-electron chi connectivity index (χ3n) is 2.82. The first kappa shape index (κ1) is 19.3. The Morgan fingerprint density at radius 2 is 2.21 bits per heavy atom. The number of carbonyl (C=O) groups excluding carboxylic acids is 1. The second-order valence-electron chi connectivity index (χ2n) is 4.67. The average molecular weight is 407 g/mol. The molecule has 24 heavy (non-hydrogen) atoms. The Morgan fingerprint density at radius 1 is 1.42 bits per heavy atom. The van der Waals surface area contributed by atoms with E-state index in [2.05, 4.69) is 20.8 Å². The molecule has 130 valence electrons. The van der Waals surface area contributed by atoms with Gasteiger partial charge in [-0.15, -0.1) is 10.2 Å². The van der Waals surface area contributed by atoms with Gasteiger partial charge in [-0.2, -0.15) is 0 Å². The molecular formula is C14H16Cl2N4O2S2. The molecule has 2 N–H and O–H groups in total. The van der Waals surface area contributed by atoms with Gasteiger partial charge >= 0.3 is 0 Å². The van der Waals surface area contributed by atoms with E-state index in [-0.39, 0.29) is 11.2 Å². The highest BCUT2D eigenvalue weighted by Crippen LogP contribution is 2.30. The number of benzene rings is 1. The van der Waals surface area contributed by atoms with E-state index in [1.165, 1.54) is 23.1 Å². The van der Waals surface area contributed by atoms with Crippen molar-refractivity contribution in [1.29, 1.82) is 0 Å². The molecular weight excluding hydrogens is 391 g/mol. The van der Waals surface area contributed by atoms with E-state index in [0.29, 0.717) is 38.4 Å². The van der Waals surface area contributed by atoms with Gasteiger partial charge in [-0.1, -0.05) is 46.3 Å². The molecule has 0 aliphatic heterocycles.